The molecule has 0 saturated carbocycles. The van der Waals surface area contributed by atoms with Gasteiger partial charge in [0.2, 0.25) is 5.91 Å². The van der Waals surface area contributed by atoms with Gasteiger partial charge in [-0.1, -0.05) is 37.6 Å². The largest absolute Gasteiger partial charge is 0.368 e. The Morgan fingerprint density at radius 1 is 1.35 bits per heavy atom. The molecule has 0 radical (unpaired) electrons. The van der Waals surface area contributed by atoms with Crippen LogP contribution in [0.25, 0.3) is 0 Å². The number of carbonyl (C=O) groups excluding carboxylic acids is 1. The highest BCUT2D eigenvalue weighted by Crippen LogP contribution is 2.26. The fraction of sp³-hybridized carbons (Fsp3) is 0.462. The second kappa shape index (κ2) is 6.03. The first kappa shape index (κ1) is 14.0. The van der Waals surface area contributed by atoms with E-state index in [4.69, 9.17) is 17.3 Å². The van der Waals surface area contributed by atoms with Crippen LogP contribution in [-0.2, 0) is 10.3 Å². The van der Waals surface area contributed by atoms with Crippen LogP contribution in [0.4, 0.5) is 0 Å². The monoisotopic (exact) mass is 254 g/mol. The molecule has 1 atom stereocenters. The summed E-state index contributed by atoms with van der Waals surface area (Å²) in [5, 5.41) is 3.90. The van der Waals surface area contributed by atoms with E-state index in [2.05, 4.69) is 12.2 Å². The van der Waals surface area contributed by atoms with Crippen molar-refractivity contribution >= 4 is 17.5 Å². The van der Waals surface area contributed by atoms with Gasteiger partial charge in [0.05, 0.1) is 0 Å². The predicted molar refractivity (Wildman–Crippen MR) is 70.9 cm³/mol. The maximum Gasteiger partial charge on any atom is 0.242 e. The number of hydrogen-bond donors (Lipinski definition) is 2. The molecule has 1 aromatic rings. The molecule has 0 heterocycles. The minimum absolute atomic E-state index is 0.351. The van der Waals surface area contributed by atoms with E-state index in [0.29, 0.717) is 11.4 Å². The van der Waals surface area contributed by atoms with Crippen LogP contribution in [0.15, 0.2) is 24.3 Å². The van der Waals surface area contributed by atoms with Gasteiger partial charge in [0, 0.05) is 5.02 Å². The highest BCUT2D eigenvalue weighted by molar-refractivity contribution is 6.30. The summed E-state index contributed by atoms with van der Waals surface area (Å²) >= 11 is 5.85. The Bertz CT molecular complexity index is 378. The van der Waals surface area contributed by atoms with Gasteiger partial charge < -0.3 is 5.73 Å². The van der Waals surface area contributed by atoms with Gasteiger partial charge in [-0.3, -0.25) is 10.1 Å². The number of amides is 1. The van der Waals surface area contributed by atoms with Crippen LogP contribution in [-0.4, -0.2) is 12.5 Å². The van der Waals surface area contributed by atoms with Gasteiger partial charge in [-0.2, -0.15) is 0 Å². The SMILES string of the molecule is CCCNC(CC)(C(N)=O)c1ccc(Cl)cc1. The van der Waals surface area contributed by atoms with Crippen LogP contribution in [0.5, 0.6) is 0 Å². The molecule has 0 saturated heterocycles. The van der Waals surface area contributed by atoms with Gasteiger partial charge in [0.1, 0.15) is 5.54 Å². The van der Waals surface area contributed by atoms with Crippen molar-refractivity contribution in [2.75, 3.05) is 6.54 Å². The molecular formula is C13H19ClN2O. The molecule has 17 heavy (non-hydrogen) atoms. The number of benzene rings is 1. The molecule has 94 valence electrons. The maximum absolute atomic E-state index is 11.8. The van der Waals surface area contributed by atoms with Crippen LogP contribution in [0.3, 0.4) is 0 Å². The quantitative estimate of drug-likeness (QED) is 0.819. The molecule has 3 N–H and O–H groups in total. The number of nitrogens with two attached hydrogens (primary N) is 1. The fourth-order valence-corrected chi connectivity index (χ4v) is 2.03. The normalized spacial score (nSPS) is 14.3. The van der Waals surface area contributed by atoms with Gasteiger partial charge >= 0.3 is 0 Å². The lowest BCUT2D eigenvalue weighted by Gasteiger charge is -2.31. The van der Waals surface area contributed by atoms with Crippen molar-refractivity contribution < 1.29 is 4.79 Å². The van der Waals surface area contributed by atoms with Crippen LogP contribution < -0.4 is 11.1 Å². The van der Waals surface area contributed by atoms with Crippen LogP contribution in [0.1, 0.15) is 32.3 Å². The molecule has 1 amide bonds. The Labute approximate surface area is 107 Å². The van der Waals surface area contributed by atoms with E-state index in [1.807, 2.05) is 19.1 Å². The van der Waals surface area contributed by atoms with E-state index in [-0.39, 0.29) is 5.91 Å². The summed E-state index contributed by atoms with van der Waals surface area (Å²) in [6.45, 7) is 4.75. The van der Waals surface area contributed by atoms with Crippen LogP contribution in [0, 0.1) is 0 Å². The molecule has 0 fully saturated rings. The third kappa shape index (κ3) is 2.99. The minimum Gasteiger partial charge on any atom is -0.368 e. The van der Waals surface area contributed by atoms with Crippen molar-refractivity contribution in [3.63, 3.8) is 0 Å². The minimum atomic E-state index is -0.791. The van der Waals surface area contributed by atoms with Gasteiger partial charge in [-0.15, -0.1) is 0 Å². The summed E-state index contributed by atoms with van der Waals surface area (Å²) in [5.74, 6) is -0.351. The lowest BCUT2D eigenvalue weighted by Crippen LogP contribution is -2.52. The second-order valence-corrected chi connectivity index (χ2v) is 4.49. The molecule has 1 unspecified atom stereocenters. The molecule has 1 aromatic carbocycles. The third-order valence-electron chi connectivity index (χ3n) is 2.96. The second-order valence-electron chi connectivity index (χ2n) is 4.06. The molecule has 0 aliphatic heterocycles. The summed E-state index contributed by atoms with van der Waals surface area (Å²) < 4.78 is 0. The standard InChI is InChI=1S/C13H19ClN2O/c1-3-9-16-13(4-2,12(15)17)10-5-7-11(14)8-6-10/h5-8,16H,3-4,9H2,1-2H3,(H2,15,17). The van der Waals surface area contributed by atoms with E-state index < -0.39 is 5.54 Å². The maximum atomic E-state index is 11.8. The number of hydrogen-bond acceptors (Lipinski definition) is 2. The highest BCUT2D eigenvalue weighted by atomic mass is 35.5. The summed E-state index contributed by atoms with van der Waals surface area (Å²) in [4.78, 5) is 11.8. The topological polar surface area (TPSA) is 55.1 Å². The number of halogens is 1. The van der Waals surface area contributed by atoms with Crippen molar-refractivity contribution in [1.82, 2.24) is 5.32 Å². The van der Waals surface area contributed by atoms with Gasteiger partial charge in [-0.05, 0) is 37.1 Å². The van der Waals surface area contributed by atoms with Crippen LogP contribution >= 0.6 is 11.6 Å². The van der Waals surface area contributed by atoms with E-state index in [0.717, 1.165) is 18.5 Å². The van der Waals surface area contributed by atoms with Gasteiger partial charge in [0.25, 0.3) is 0 Å². The lowest BCUT2D eigenvalue weighted by atomic mass is 9.86. The smallest absolute Gasteiger partial charge is 0.242 e. The van der Waals surface area contributed by atoms with Gasteiger partial charge in [0.15, 0.2) is 0 Å². The number of primary amides is 1. The Hall–Kier alpha value is -1.06. The van der Waals surface area contributed by atoms with Gasteiger partial charge in [-0.25, -0.2) is 0 Å². The Morgan fingerprint density at radius 2 is 1.94 bits per heavy atom. The molecule has 0 aliphatic rings. The highest BCUT2D eigenvalue weighted by Gasteiger charge is 2.35. The molecule has 4 heteroatoms. The number of carbonyl (C=O) groups is 1. The van der Waals surface area contributed by atoms with Crippen molar-refractivity contribution in [3.8, 4) is 0 Å². The first-order valence-corrected chi connectivity index (χ1v) is 6.25. The molecular weight excluding hydrogens is 236 g/mol. The Morgan fingerprint density at radius 3 is 2.35 bits per heavy atom. The van der Waals surface area contributed by atoms with E-state index >= 15 is 0 Å². The zero-order chi connectivity index (χ0) is 12.9. The number of rotatable bonds is 6. The molecule has 0 aromatic heterocycles. The van der Waals surface area contributed by atoms with E-state index in [1.54, 1.807) is 12.1 Å². The predicted octanol–water partition coefficient (Wildman–Crippen LogP) is 2.43. The van der Waals surface area contributed by atoms with Crippen molar-refractivity contribution in [1.29, 1.82) is 0 Å². The third-order valence-corrected chi connectivity index (χ3v) is 3.22. The summed E-state index contributed by atoms with van der Waals surface area (Å²) in [7, 11) is 0. The van der Waals surface area contributed by atoms with E-state index in [1.165, 1.54) is 0 Å². The summed E-state index contributed by atoms with van der Waals surface area (Å²) in [5.41, 5.74) is 5.63. The zero-order valence-electron chi connectivity index (χ0n) is 10.3. The lowest BCUT2D eigenvalue weighted by molar-refractivity contribution is -0.125. The van der Waals surface area contributed by atoms with Crippen LogP contribution in [0.2, 0.25) is 5.02 Å². The van der Waals surface area contributed by atoms with Crippen molar-refractivity contribution in [2.45, 2.75) is 32.2 Å². The van der Waals surface area contributed by atoms with E-state index in [9.17, 15) is 4.79 Å². The first-order valence-electron chi connectivity index (χ1n) is 5.87. The number of nitrogens with one attached hydrogen (secondary N) is 1. The van der Waals surface area contributed by atoms with Crippen molar-refractivity contribution in [3.05, 3.63) is 34.9 Å². The average Bonchev–Trinajstić information content (AvgIpc) is 2.32. The molecule has 0 aliphatic carbocycles. The van der Waals surface area contributed by atoms with Crippen molar-refractivity contribution in [2.24, 2.45) is 5.73 Å². The first-order chi connectivity index (χ1) is 8.06. The molecule has 0 spiro atoms. The zero-order valence-corrected chi connectivity index (χ0v) is 11.1. The molecule has 3 nitrogen and oxygen atoms in total. The summed E-state index contributed by atoms with van der Waals surface area (Å²) in [6.07, 6.45) is 1.56. The fourth-order valence-electron chi connectivity index (χ4n) is 1.91. The Kier molecular flexibility index (Phi) is 4.97. The summed E-state index contributed by atoms with van der Waals surface area (Å²) in [6, 6.07) is 7.24. The molecule has 0 bridgehead atoms. The average molecular weight is 255 g/mol. The molecule has 1 rings (SSSR count). The Balaban J connectivity index is 3.12.